The number of thioether (sulfide) groups is 1. The van der Waals surface area contributed by atoms with Gasteiger partial charge in [0.15, 0.2) is 5.82 Å². The summed E-state index contributed by atoms with van der Waals surface area (Å²) in [4.78, 5) is 12.0. The Morgan fingerprint density at radius 2 is 1.97 bits per heavy atom. The van der Waals surface area contributed by atoms with E-state index < -0.39 is 17.5 Å². The van der Waals surface area contributed by atoms with E-state index in [0.717, 1.165) is 35.3 Å². The second-order valence-corrected chi connectivity index (χ2v) is 6.75. The standard InChI is InChI=1S/C18H18F2N6O2S/c1-28-13-5-3-12(4-6-13)22-9-16-24-25-18(26(16)21)29-10-17(27)23-15-7-2-11(19)8-14(15)20/h2-8,22H,9-10,21H2,1H3,(H,23,27). The monoisotopic (exact) mass is 420 g/mol. The summed E-state index contributed by atoms with van der Waals surface area (Å²) < 4.78 is 32.9. The second-order valence-electron chi connectivity index (χ2n) is 5.81. The van der Waals surface area contributed by atoms with Gasteiger partial charge in [-0.05, 0) is 36.4 Å². The number of rotatable bonds is 8. The van der Waals surface area contributed by atoms with Gasteiger partial charge in [0.1, 0.15) is 17.4 Å². The molecule has 0 saturated carbocycles. The van der Waals surface area contributed by atoms with Crippen molar-refractivity contribution in [1.82, 2.24) is 14.9 Å². The summed E-state index contributed by atoms with van der Waals surface area (Å²) in [6.45, 7) is 0.323. The lowest BCUT2D eigenvalue weighted by Gasteiger charge is -2.08. The third kappa shape index (κ3) is 5.35. The first-order valence-corrected chi connectivity index (χ1v) is 9.40. The maximum atomic E-state index is 13.6. The van der Waals surface area contributed by atoms with Crippen LogP contribution in [0.2, 0.25) is 0 Å². The van der Waals surface area contributed by atoms with Crippen LogP contribution in [0, 0.1) is 11.6 Å². The number of hydrogen-bond donors (Lipinski definition) is 3. The zero-order valence-electron chi connectivity index (χ0n) is 15.4. The molecular formula is C18H18F2N6O2S. The molecule has 0 saturated heterocycles. The maximum absolute atomic E-state index is 13.6. The molecule has 8 nitrogen and oxygen atoms in total. The van der Waals surface area contributed by atoms with Crippen molar-refractivity contribution in [1.29, 1.82) is 0 Å². The molecule has 0 atom stereocenters. The van der Waals surface area contributed by atoms with Crippen LogP contribution >= 0.6 is 11.8 Å². The van der Waals surface area contributed by atoms with E-state index in [-0.39, 0.29) is 11.4 Å². The Labute approximate surface area is 169 Å². The second kappa shape index (κ2) is 9.24. The highest BCUT2D eigenvalue weighted by Crippen LogP contribution is 2.19. The number of nitrogens with zero attached hydrogens (tertiary/aromatic N) is 3. The molecule has 0 spiro atoms. The topological polar surface area (TPSA) is 107 Å². The molecule has 0 fully saturated rings. The van der Waals surface area contributed by atoms with Gasteiger partial charge >= 0.3 is 0 Å². The predicted octanol–water partition coefficient (Wildman–Crippen LogP) is 2.62. The Bertz CT molecular complexity index is 997. The average Bonchev–Trinajstić information content (AvgIpc) is 3.07. The molecular weight excluding hydrogens is 402 g/mol. The van der Waals surface area contributed by atoms with E-state index in [1.807, 2.05) is 24.3 Å². The Kier molecular flexibility index (Phi) is 6.50. The van der Waals surface area contributed by atoms with Gasteiger partial charge in [0.2, 0.25) is 11.1 Å². The Morgan fingerprint density at radius 3 is 2.66 bits per heavy atom. The molecule has 152 valence electrons. The van der Waals surface area contributed by atoms with Crippen molar-refractivity contribution in [3.63, 3.8) is 0 Å². The number of nitrogens with one attached hydrogen (secondary N) is 2. The first kappa shape index (κ1) is 20.4. The normalized spacial score (nSPS) is 10.6. The number of hydrogen-bond acceptors (Lipinski definition) is 7. The minimum absolute atomic E-state index is 0.0714. The molecule has 0 radical (unpaired) electrons. The molecule has 1 amide bonds. The van der Waals surface area contributed by atoms with Crippen molar-refractivity contribution in [2.75, 3.05) is 29.3 Å². The van der Waals surface area contributed by atoms with E-state index >= 15 is 0 Å². The van der Waals surface area contributed by atoms with Crippen molar-refractivity contribution in [2.24, 2.45) is 0 Å². The fraction of sp³-hybridized carbons (Fsp3) is 0.167. The third-order valence-electron chi connectivity index (χ3n) is 3.81. The summed E-state index contributed by atoms with van der Waals surface area (Å²) in [7, 11) is 1.59. The van der Waals surface area contributed by atoms with Gasteiger partial charge in [-0.3, -0.25) is 4.79 Å². The Balaban J connectivity index is 1.52. The molecule has 3 rings (SSSR count). The SMILES string of the molecule is COc1ccc(NCc2nnc(SCC(=O)Nc3ccc(F)cc3F)n2N)cc1. The summed E-state index contributed by atoms with van der Waals surface area (Å²) in [5.74, 6) is 5.06. The van der Waals surface area contributed by atoms with E-state index in [2.05, 4.69) is 20.8 Å². The number of anilines is 2. The highest BCUT2D eigenvalue weighted by Gasteiger charge is 2.13. The van der Waals surface area contributed by atoms with E-state index in [1.54, 1.807) is 7.11 Å². The number of benzene rings is 2. The van der Waals surface area contributed by atoms with Gasteiger partial charge in [-0.1, -0.05) is 11.8 Å². The highest BCUT2D eigenvalue weighted by molar-refractivity contribution is 7.99. The van der Waals surface area contributed by atoms with Crippen LogP contribution in [0.1, 0.15) is 5.82 Å². The summed E-state index contributed by atoms with van der Waals surface area (Å²) in [6, 6.07) is 10.3. The van der Waals surface area contributed by atoms with E-state index in [9.17, 15) is 13.6 Å². The van der Waals surface area contributed by atoms with Crippen LogP contribution in [0.5, 0.6) is 5.75 Å². The van der Waals surface area contributed by atoms with Gasteiger partial charge in [-0.15, -0.1) is 10.2 Å². The number of methoxy groups -OCH3 is 1. The summed E-state index contributed by atoms with van der Waals surface area (Å²) in [5, 5.41) is 13.8. The summed E-state index contributed by atoms with van der Waals surface area (Å²) >= 11 is 1.04. The lowest BCUT2D eigenvalue weighted by atomic mass is 10.3. The number of nitrogen functional groups attached to an aromatic ring is 1. The van der Waals surface area contributed by atoms with Crippen LogP contribution < -0.4 is 21.2 Å². The van der Waals surface area contributed by atoms with Crippen molar-refractivity contribution in [2.45, 2.75) is 11.7 Å². The van der Waals surface area contributed by atoms with Crippen molar-refractivity contribution in [3.05, 3.63) is 59.9 Å². The zero-order chi connectivity index (χ0) is 20.8. The fourth-order valence-corrected chi connectivity index (χ4v) is 3.00. The lowest BCUT2D eigenvalue weighted by molar-refractivity contribution is -0.113. The highest BCUT2D eigenvalue weighted by atomic mass is 32.2. The molecule has 0 unspecified atom stereocenters. The Morgan fingerprint density at radius 1 is 1.21 bits per heavy atom. The van der Waals surface area contributed by atoms with Gasteiger partial charge in [-0.2, -0.15) is 0 Å². The number of halogens is 2. The predicted molar refractivity (Wildman–Crippen MR) is 106 cm³/mol. The van der Waals surface area contributed by atoms with E-state index in [4.69, 9.17) is 10.6 Å². The number of carbonyl (C=O) groups excluding carboxylic acids is 1. The average molecular weight is 420 g/mol. The molecule has 0 aliphatic heterocycles. The molecule has 2 aromatic carbocycles. The molecule has 29 heavy (non-hydrogen) atoms. The minimum atomic E-state index is -0.850. The third-order valence-corrected chi connectivity index (χ3v) is 4.76. The number of carbonyl (C=O) groups is 1. The van der Waals surface area contributed by atoms with Crippen LogP contribution in [-0.4, -0.2) is 33.6 Å². The van der Waals surface area contributed by atoms with E-state index in [1.165, 1.54) is 4.68 Å². The van der Waals surface area contributed by atoms with Crippen LogP contribution in [0.25, 0.3) is 0 Å². The van der Waals surface area contributed by atoms with E-state index in [0.29, 0.717) is 23.6 Å². The number of ether oxygens (including phenoxy) is 1. The molecule has 0 aliphatic rings. The zero-order valence-corrected chi connectivity index (χ0v) is 16.2. The van der Waals surface area contributed by atoms with Gasteiger partial charge in [0, 0.05) is 11.8 Å². The van der Waals surface area contributed by atoms with Crippen LogP contribution in [0.3, 0.4) is 0 Å². The maximum Gasteiger partial charge on any atom is 0.234 e. The lowest BCUT2D eigenvalue weighted by Crippen LogP contribution is -2.18. The first-order chi connectivity index (χ1) is 14.0. The van der Waals surface area contributed by atoms with Gasteiger partial charge in [0.05, 0.1) is 25.1 Å². The molecule has 3 aromatic rings. The largest absolute Gasteiger partial charge is 0.497 e. The Hall–Kier alpha value is -3.34. The molecule has 1 aromatic heterocycles. The van der Waals surface area contributed by atoms with Crippen molar-refractivity contribution < 1.29 is 18.3 Å². The number of amides is 1. The fourth-order valence-electron chi connectivity index (χ4n) is 2.32. The molecule has 4 N–H and O–H groups in total. The van der Waals surface area contributed by atoms with Gasteiger partial charge < -0.3 is 21.2 Å². The minimum Gasteiger partial charge on any atom is -0.497 e. The van der Waals surface area contributed by atoms with Crippen molar-refractivity contribution >= 4 is 29.0 Å². The van der Waals surface area contributed by atoms with Gasteiger partial charge in [-0.25, -0.2) is 13.5 Å². The van der Waals surface area contributed by atoms with Crippen LogP contribution in [0.4, 0.5) is 20.2 Å². The first-order valence-electron chi connectivity index (χ1n) is 8.41. The molecule has 11 heteroatoms. The quantitative estimate of drug-likeness (QED) is 0.380. The van der Waals surface area contributed by atoms with Crippen molar-refractivity contribution in [3.8, 4) is 5.75 Å². The summed E-state index contributed by atoms with van der Waals surface area (Å²) in [6.07, 6.45) is 0. The van der Waals surface area contributed by atoms with Gasteiger partial charge in [0.25, 0.3) is 0 Å². The molecule has 0 aliphatic carbocycles. The summed E-state index contributed by atoms with van der Waals surface area (Å²) in [5.41, 5.74) is 0.749. The molecule has 0 bridgehead atoms. The van der Waals surface area contributed by atoms with Crippen LogP contribution in [0.15, 0.2) is 47.6 Å². The smallest absolute Gasteiger partial charge is 0.234 e. The number of nitrogens with two attached hydrogens (primary N) is 1. The molecule has 1 heterocycles. The number of aromatic nitrogens is 3. The van der Waals surface area contributed by atoms with Crippen LogP contribution in [-0.2, 0) is 11.3 Å².